The number of esters is 1. The van der Waals surface area contributed by atoms with Gasteiger partial charge in [-0.2, -0.15) is 5.10 Å². The second-order valence-corrected chi connectivity index (χ2v) is 12.0. The maximum Gasteiger partial charge on any atom is 0.311 e. The molecule has 0 bridgehead atoms. The van der Waals surface area contributed by atoms with Gasteiger partial charge in [0.15, 0.2) is 0 Å². The Labute approximate surface area is 221 Å². The first kappa shape index (κ1) is 25.3. The summed E-state index contributed by atoms with van der Waals surface area (Å²) in [6.07, 6.45) is 2.35. The number of carbonyl (C=O) groups excluding carboxylic acids is 1. The lowest BCUT2D eigenvalue weighted by atomic mass is 9.63. The van der Waals surface area contributed by atoms with E-state index >= 15 is 0 Å². The van der Waals surface area contributed by atoms with Gasteiger partial charge in [0, 0.05) is 16.3 Å². The fourth-order valence-electron chi connectivity index (χ4n) is 5.28. The topological polar surface area (TPSA) is 74.1 Å². The minimum atomic E-state index is -0.361. The van der Waals surface area contributed by atoms with E-state index in [1.54, 1.807) is 13.0 Å². The van der Waals surface area contributed by atoms with Crippen molar-refractivity contribution < 1.29 is 9.53 Å². The van der Waals surface area contributed by atoms with Crippen molar-refractivity contribution in [2.45, 2.75) is 71.3 Å². The van der Waals surface area contributed by atoms with E-state index in [4.69, 9.17) is 9.72 Å². The van der Waals surface area contributed by atoms with Gasteiger partial charge in [-0.15, -0.1) is 11.3 Å². The van der Waals surface area contributed by atoms with Gasteiger partial charge in [0.05, 0.1) is 36.3 Å². The fourth-order valence-corrected chi connectivity index (χ4v) is 6.07. The Morgan fingerprint density at radius 3 is 2.46 bits per heavy atom. The summed E-state index contributed by atoms with van der Waals surface area (Å²) in [6.45, 7) is 11.6. The Hall–Kier alpha value is -3.32. The quantitative estimate of drug-likeness (QED) is 0.294. The summed E-state index contributed by atoms with van der Waals surface area (Å²) in [5.41, 5.74) is 5.44. The molecule has 37 heavy (non-hydrogen) atoms. The van der Waals surface area contributed by atoms with Crippen molar-refractivity contribution in [3.8, 4) is 11.3 Å². The molecule has 0 radical (unpaired) electrons. The smallest absolute Gasteiger partial charge is 0.311 e. The molecule has 0 atom stereocenters. The third-order valence-corrected chi connectivity index (χ3v) is 8.38. The lowest BCUT2D eigenvalue weighted by Crippen LogP contribution is -2.33. The van der Waals surface area contributed by atoms with Crippen LogP contribution >= 0.6 is 11.3 Å². The van der Waals surface area contributed by atoms with Crippen molar-refractivity contribution in [3.63, 3.8) is 0 Å². The molecule has 0 N–H and O–H groups in total. The summed E-state index contributed by atoms with van der Waals surface area (Å²) < 4.78 is 6.54. The van der Waals surface area contributed by atoms with Crippen molar-refractivity contribution >= 4 is 28.1 Å². The molecule has 1 aliphatic carbocycles. The number of carbonyl (C=O) groups is 1. The van der Waals surface area contributed by atoms with E-state index < -0.39 is 0 Å². The zero-order chi connectivity index (χ0) is 26.4. The fraction of sp³-hybridized carbons (Fsp3) is 0.400. The standard InChI is InChI=1S/C30H33N3O3S/c1-6-36-27(34)16-24-20-9-7-8-10-21(20)28(35)33(32-24)17-26-31-25(18-37-26)19-11-12-22-23(15-19)30(4,5)14-13-29(22,2)3/h7-12,15,18H,6,13-14,16-17H2,1-5H3. The molecule has 7 heteroatoms. The van der Waals surface area contributed by atoms with Crippen LogP contribution in [0.3, 0.4) is 0 Å². The van der Waals surface area contributed by atoms with E-state index in [9.17, 15) is 9.59 Å². The maximum atomic E-state index is 13.2. The van der Waals surface area contributed by atoms with Gasteiger partial charge in [0.25, 0.3) is 5.56 Å². The van der Waals surface area contributed by atoms with Crippen LogP contribution in [0, 0.1) is 0 Å². The summed E-state index contributed by atoms with van der Waals surface area (Å²) >= 11 is 1.52. The summed E-state index contributed by atoms with van der Waals surface area (Å²) in [4.78, 5) is 30.3. The molecule has 6 nitrogen and oxygen atoms in total. The second kappa shape index (κ2) is 9.53. The normalized spacial score (nSPS) is 15.9. The molecular formula is C30H33N3O3S. The van der Waals surface area contributed by atoms with E-state index in [0.717, 1.165) is 22.7 Å². The molecule has 0 fully saturated rings. The maximum absolute atomic E-state index is 13.2. The zero-order valence-corrected chi connectivity index (χ0v) is 22.9. The number of nitrogens with zero attached hydrogens (tertiary/aromatic N) is 3. The molecule has 0 saturated carbocycles. The first-order valence-electron chi connectivity index (χ1n) is 12.8. The van der Waals surface area contributed by atoms with Gasteiger partial charge in [-0.25, -0.2) is 9.67 Å². The molecule has 2 aromatic carbocycles. The number of thiazole rings is 1. The molecule has 0 saturated heterocycles. The third kappa shape index (κ3) is 4.85. The number of ether oxygens (including phenoxy) is 1. The minimum Gasteiger partial charge on any atom is -0.466 e. The van der Waals surface area contributed by atoms with E-state index in [1.165, 1.54) is 33.6 Å². The van der Waals surface area contributed by atoms with Gasteiger partial charge < -0.3 is 4.74 Å². The van der Waals surface area contributed by atoms with Crippen LogP contribution in [0.2, 0.25) is 0 Å². The number of benzene rings is 2. The van der Waals surface area contributed by atoms with E-state index in [1.807, 2.05) is 23.6 Å². The molecular weight excluding hydrogens is 482 g/mol. The highest BCUT2D eigenvalue weighted by molar-refractivity contribution is 7.09. The van der Waals surface area contributed by atoms with E-state index in [2.05, 4.69) is 51.0 Å². The van der Waals surface area contributed by atoms with Crippen LogP contribution in [-0.4, -0.2) is 27.3 Å². The summed E-state index contributed by atoms with van der Waals surface area (Å²) in [5, 5.41) is 8.61. The Kier molecular flexibility index (Phi) is 6.52. The minimum absolute atomic E-state index is 0.0129. The molecule has 2 aromatic heterocycles. The monoisotopic (exact) mass is 515 g/mol. The van der Waals surface area contributed by atoms with Gasteiger partial charge in [-0.1, -0.05) is 58.0 Å². The van der Waals surface area contributed by atoms with Crippen LogP contribution in [0.4, 0.5) is 0 Å². The largest absolute Gasteiger partial charge is 0.466 e. The number of rotatable bonds is 6. The Bertz CT molecular complexity index is 1550. The molecule has 0 spiro atoms. The SMILES string of the molecule is CCOC(=O)Cc1nn(Cc2nc(-c3ccc4c(c3)C(C)(C)CCC4(C)C)cs2)c(=O)c2ccccc12. The highest BCUT2D eigenvalue weighted by atomic mass is 32.1. The van der Waals surface area contributed by atoms with Gasteiger partial charge in [-0.3, -0.25) is 9.59 Å². The van der Waals surface area contributed by atoms with Crippen molar-refractivity contribution in [2.24, 2.45) is 0 Å². The molecule has 0 amide bonds. The van der Waals surface area contributed by atoms with Crippen LogP contribution in [0.1, 0.15) is 69.3 Å². The van der Waals surface area contributed by atoms with Crippen LogP contribution in [0.5, 0.6) is 0 Å². The average molecular weight is 516 g/mol. The van der Waals surface area contributed by atoms with Crippen molar-refractivity contribution in [1.29, 1.82) is 0 Å². The number of hydrogen-bond donors (Lipinski definition) is 0. The molecule has 5 rings (SSSR count). The number of hydrogen-bond acceptors (Lipinski definition) is 6. The van der Waals surface area contributed by atoms with Gasteiger partial charge in [0.1, 0.15) is 5.01 Å². The summed E-state index contributed by atoms with van der Waals surface area (Å²) in [7, 11) is 0. The molecule has 192 valence electrons. The van der Waals surface area contributed by atoms with Gasteiger partial charge in [0.2, 0.25) is 0 Å². The van der Waals surface area contributed by atoms with Crippen molar-refractivity contribution in [1.82, 2.24) is 14.8 Å². The highest BCUT2D eigenvalue weighted by Gasteiger charge is 2.37. The van der Waals surface area contributed by atoms with E-state index in [-0.39, 0.29) is 35.3 Å². The van der Waals surface area contributed by atoms with Gasteiger partial charge in [-0.05, 0) is 53.9 Å². The lowest BCUT2D eigenvalue weighted by molar-refractivity contribution is -0.142. The van der Waals surface area contributed by atoms with Crippen LogP contribution in [0.15, 0.2) is 52.6 Å². The van der Waals surface area contributed by atoms with Crippen molar-refractivity contribution in [3.05, 3.63) is 80.0 Å². The van der Waals surface area contributed by atoms with Crippen LogP contribution in [0.25, 0.3) is 22.0 Å². The predicted octanol–water partition coefficient (Wildman–Crippen LogP) is 6.02. The van der Waals surface area contributed by atoms with Crippen LogP contribution in [-0.2, 0) is 33.3 Å². The van der Waals surface area contributed by atoms with E-state index in [0.29, 0.717) is 23.1 Å². The highest BCUT2D eigenvalue weighted by Crippen LogP contribution is 2.46. The molecule has 2 heterocycles. The Morgan fingerprint density at radius 1 is 1.03 bits per heavy atom. The molecule has 1 aliphatic rings. The number of fused-ring (bicyclic) bond motifs is 2. The first-order valence-corrected chi connectivity index (χ1v) is 13.7. The summed E-state index contributed by atoms with van der Waals surface area (Å²) in [5.74, 6) is -0.361. The predicted molar refractivity (Wildman–Crippen MR) is 148 cm³/mol. The zero-order valence-electron chi connectivity index (χ0n) is 22.1. The Morgan fingerprint density at radius 2 is 1.73 bits per heavy atom. The second-order valence-electron chi connectivity index (χ2n) is 11.1. The molecule has 4 aromatic rings. The molecule has 0 aliphatic heterocycles. The van der Waals surface area contributed by atoms with Crippen LogP contribution < -0.4 is 5.56 Å². The average Bonchev–Trinajstić information content (AvgIpc) is 3.33. The summed E-state index contributed by atoms with van der Waals surface area (Å²) in [6, 6.07) is 14.0. The van der Waals surface area contributed by atoms with Gasteiger partial charge >= 0.3 is 5.97 Å². The van der Waals surface area contributed by atoms with Crippen molar-refractivity contribution in [2.75, 3.05) is 6.61 Å². The third-order valence-electron chi connectivity index (χ3n) is 7.55. The first-order chi connectivity index (χ1) is 17.6. The number of aromatic nitrogens is 3. The molecule has 0 unspecified atom stereocenters. The lowest BCUT2D eigenvalue weighted by Gasteiger charge is -2.42. The Balaban J connectivity index is 1.48.